The van der Waals surface area contributed by atoms with Crippen molar-refractivity contribution >= 4 is 33.5 Å². The van der Waals surface area contributed by atoms with Gasteiger partial charge in [0.15, 0.2) is 5.78 Å². The van der Waals surface area contributed by atoms with Crippen molar-refractivity contribution in [2.45, 2.75) is 46.6 Å². The van der Waals surface area contributed by atoms with Crippen molar-refractivity contribution in [3.05, 3.63) is 98.8 Å². The second kappa shape index (κ2) is 8.17. The smallest absolute Gasteiger partial charge is 0.272 e. The van der Waals surface area contributed by atoms with Crippen LogP contribution in [-0.2, 0) is 4.79 Å². The van der Waals surface area contributed by atoms with Crippen LogP contribution in [0.2, 0.25) is 0 Å². The number of Topliss-reactive ketones (excluding diaryl/α,β-unsaturated/α-hetero) is 1. The van der Waals surface area contributed by atoms with Gasteiger partial charge in [0.25, 0.3) is 5.69 Å². The minimum absolute atomic E-state index is 0.0935. The molecule has 37 heavy (non-hydrogen) atoms. The first-order valence-electron chi connectivity index (χ1n) is 12.5. The average molecular weight is 493 g/mol. The van der Waals surface area contributed by atoms with Crippen LogP contribution in [0, 0.1) is 29.4 Å². The van der Waals surface area contributed by atoms with E-state index < -0.39 is 6.04 Å². The zero-order valence-corrected chi connectivity index (χ0v) is 21.3. The Hall–Kier alpha value is -4.19. The summed E-state index contributed by atoms with van der Waals surface area (Å²) in [6, 6.07) is 19.1. The van der Waals surface area contributed by atoms with Gasteiger partial charge in [0.2, 0.25) is 0 Å². The lowest BCUT2D eigenvalue weighted by molar-refractivity contribution is -0.385. The number of nitrogens with zero attached hydrogens (tertiary/aromatic N) is 1. The largest absolute Gasteiger partial charge is 0.459 e. The number of nitrogens with one attached hydrogen (secondary N) is 1. The first kappa shape index (κ1) is 23.2. The molecule has 0 bridgehead atoms. The molecule has 186 valence electrons. The number of hydrogen-bond acceptors (Lipinski definition) is 5. The van der Waals surface area contributed by atoms with Crippen LogP contribution in [-0.4, -0.2) is 10.7 Å². The fourth-order valence-corrected chi connectivity index (χ4v) is 5.97. The van der Waals surface area contributed by atoms with Gasteiger partial charge in [0, 0.05) is 40.4 Å². The summed E-state index contributed by atoms with van der Waals surface area (Å²) in [7, 11) is 0. The van der Waals surface area contributed by atoms with Crippen LogP contribution in [0.3, 0.4) is 0 Å². The van der Waals surface area contributed by atoms with Crippen molar-refractivity contribution in [2.24, 2.45) is 5.41 Å². The molecule has 1 aliphatic carbocycles. The van der Waals surface area contributed by atoms with Gasteiger partial charge in [-0.05, 0) is 71.9 Å². The second-order valence-corrected chi connectivity index (χ2v) is 11.0. The molecule has 4 aromatic rings. The van der Waals surface area contributed by atoms with Gasteiger partial charge in [-0.15, -0.1) is 0 Å². The molecule has 1 N–H and O–H groups in total. The van der Waals surface area contributed by atoms with Gasteiger partial charge in [-0.3, -0.25) is 14.9 Å². The number of allylic oxidation sites excluding steroid dienone is 1. The lowest BCUT2D eigenvalue weighted by Crippen LogP contribution is -2.33. The van der Waals surface area contributed by atoms with Gasteiger partial charge >= 0.3 is 0 Å². The third kappa shape index (κ3) is 3.67. The molecule has 0 unspecified atom stereocenters. The molecule has 0 radical (unpaired) electrons. The van der Waals surface area contributed by atoms with Gasteiger partial charge in [0.1, 0.15) is 17.6 Å². The minimum Gasteiger partial charge on any atom is -0.459 e. The Morgan fingerprint density at radius 3 is 2.54 bits per heavy atom. The number of rotatable bonds is 3. The number of hydrogen-bond donors (Lipinski definition) is 1. The van der Waals surface area contributed by atoms with Gasteiger partial charge in [-0.1, -0.05) is 44.2 Å². The quantitative estimate of drug-likeness (QED) is 0.232. The molecular formula is C31H28N2O4. The Bertz CT molecular complexity index is 1660. The lowest BCUT2D eigenvalue weighted by atomic mass is 9.68. The molecule has 0 amide bonds. The van der Waals surface area contributed by atoms with Crippen molar-refractivity contribution in [3.63, 3.8) is 0 Å². The SMILES string of the molecule is Cc1c(-c2ccc([C@@H]3Nc4ccc5ccccc5c4C4=C3C(=O)CC(C)(C)C4)o2)ccc([N+](=O)[O-])c1C. The molecule has 2 aliphatic rings. The summed E-state index contributed by atoms with van der Waals surface area (Å²) >= 11 is 0. The summed E-state index contributed by atoms with van der Waals surface area (Å²) in [6.07, 6.45) is 1.29. The molecule has 3 aromatic carbocycles. The van der Waals surface area contributed by atoms with E-state index in [1.807, 2.05) is 31.2 Å². The number of ketones is 1. The molecule has 6 heteroatoms. The molecule has 2 heterocycles. The zero-order valence-electron chi connectivity index (χ0n) is 21.3. The number of furan rings is 1. The van der Waals surface area contributed by atoms with E-state index in [2.05, 4.69) is 43.4 Å². The number of nitro groups is 1. The highest BCUT2D eigenvalue weighted by Crippen LogP contribution is 2.52. The highest BCUT2D eigenvalue weighted by atomic mass is 16.6. The van der Waals surface area contributed by atoms with E-state index >= 15 is 0 Å². The summed E-state index contributed by atoms with van der Waals surface area (Å²) in [5.41, 5.74) is 6.17. The van der Waals surface area contributed by atoms with E-state index in [0.717, 1.165) is 50.7 Å². The molecule has 0 saturated carbocycles. The third-order valence-corrected chi connectivity index (χ3v) is 7.87. The summed E-state index contributed by atoms with van der Waals surface area (Å²) < 4.78 is 6.38. The van der Waals surface area contributed by atoms with E-state index in [1.165, 1.54) is 6.07 Å². The number of carbonyl (C=O) groups excluding carboxylic acids is 1. The Morgan fingerprint density at radius 2 is 1.76 bits per heavy atom. The first-order valence-corrected chi connectivity index (χ1v) is 12.5. The maximum atomic E-state index is 13.6. The molecule has 0 spiro atoms. The predicted octanol–water partition coefficient (Wildman–Crippen LogP) is 7.93. The maximum absolute atomic E-state index is 13.6. The summed E-state index contributed by atoms with van der Waals surface area (Å²) in [6.45, 7) is 7.93. The molecule has 1 aliphatic heterocycles. The van der Waals surface area contributed by atoms with Gasteiger partial charge in [-0.25, -0.2) is 0 Å². The normalized spacial score (nSPS) is 18.4. The standard InChI is InChI=1S/C31H28N2O4/c1-17-18(2)24(33(35)36)12-10-20(17)26-13-14-27(37-26)30-29-22(15-31(3,4)16-25(29)34)28-21-8-6-5-7-19(21)9-11-23(28)32-30/h5-14,30,32H,15-16H2,1-4H3/t30-/m0/s1. The summed E-state index contributed by atoms with van der Waals surface area (Å²) in [4.78, 5) is 24.6. The fourth-order valence-electron chi connectivity index (χ4n) is 5.97. The molecular weight excluding hydrogens is 464 g/mol. The highest BCUT2D eigenvalue weighted by Gasteiger charge is 2.41. The van der Waals surface area contributed by atoms with Gasteiger partial charge in [-0.2, -0.15) is 0 Å². The molecule has 1 atom stereocenters. The van der Waals surface area contributed by atoms with Crippen LogP contribution < -0.4 is 5.32 Å². The Morgan fingerprint density at radius 1 is 0.973 bits per heavy atom. The Kier molecular flexibility index (Phi) is 5.13. The van der Waals surface area contributed by atoms with Crippen molar-refractivity contribution in [1.29, 1.82) is 0 Å². The van der Waals surface area contributed by atoms with Crippen molar-refractivity contribution in [3.8, 4) is 11.3 Å². The van der Waals surface area contributed by atoms with Gasteiger partial charge < -0.3 is 9.73 Å². The monoisotopic (exact) mass is 492 g/mol. The Labute approximate surface area is 215 Å². The van der Waals surface area contributed by atoms with Crippen molar-refractivity contribution in [1.82, 2.24) is 0 Å². The van der Waals surface area contributed by atoms with Crippen molar-refractivity contribution < 1.29 is 14.1 Å². The number of benzene rings is 3. The molecule has 6 rings (SSSR count). The number of fused-ring (bicyclic) bond motifs is 4. The number of anilines is 1. The zero-order chi connectivity index (χ0) is 26.1. The van der Waals surface area contributed by atoms with E-state index in [9.17, 15) is 14.9 Å². The van der Waals surface area contributed by atoms with Crippen LogP contribution in [0.15, 0.2) is 70.7 Å². The van der Waals surface area contributed by atoms with Crippen LogP contribution in [0.25, 0.3) is 27.7 Å². The topological polar surface area (TPSA) is 85.4 Å². The van der Waals surface area contributed by atoms with Gasteiger partial charge in [0.05, 0.1) is 4.92 Å². The van der Waals surface area contributed by atoms with E-state index in [-0.39, 0.29) is 21.8 Å². The molecule has 6 nitrogen and oxygen atoms in total. The van der Waals surface area contributed by atoms with Crippen LogP contribution in [0.5, 0.6) is 0 Å². The number of nitro benzene ring substituents is 1. The maximum Gasteiger partial charge on any atom is 0.272 e. The second-order valence-electron chi connectivity index (χ2n) is 11.0. The average Bonchev–Trinajstić information content (AvgIpc) is 3.33. The van der Waals surface area contributed by atoms with E-state index in [0.29, 0.717) is 23.5 Å². The van der Waals surface area contributed by atoms with Crippen LogP contribution in [0.4, 0.5) is 11.4 Å². The van der Waals surface area contributed by atoms with Crippen molar-refractivity contribution in [2.75, 3.05) is 5.32 Å². The van der Waals surface area contributed by atoms with Crippen LogP contribution in [0.1, 0.15) is 55.2 Å². The summed E-state index contributed by atoms with van der Waals surface area (Å²) in [5, 5.41) is 17.3. The highest BCUT2D eigenvalue weighted by molar-refractivity contribution is 6.12. The molecule has 0 fully saturated rings. The fraction of sp³-hybridized carbons (Fsp3) is 0.258. The lowest BCUT2D eigenvalue weighted by Gasteiger charge is -2.39. The van der Waals surface area contributed by atoms with E-state index in [1.54, 1.807) is 13.0 Å². The van der Waals surface area contributed by atoms with E-state index in [4.69, 9.17) is 4.42 Å². The predicted molar refractivity (Wildman–Crippen MR) is 146 cm³/mol. The molecule has 0 saturated heterocycles. The number of carbonyl (C=O) groups is 1. The van der Waals surface area contributed by atoms with Crippen LogP contribution >= 0.6 is 0 Å². The first-order chi connectivity index (χ1) is 17.6. The Balaban J connectivity index is 1.50. The molecule has 1 aromatic heterocycles. The summed E-state index contributed by atoms with van der Waals surface area (Å²) in [5.74, 6) is 1.43. The third-order valence-electron chi connectivity index (χ3n) is 7.87. The minimum atomic E-state index is -0.402.